The fourth-order valence-electron chi connectivity index (χ4n) is 1.28. The van der Waals surface area contributed by atoms with E-state index in [0.717, 1.165) is 0 Å². The van der Waals surface area contributed by atoms with E-state index in [4.69, 9.17) is 10.5 Å². The maximum absolute atomic E-state index is 11.9. The number of nitrogens with two attached hydrogens (primary N) is 1. The molecule has 1 amide bonds. The number of nitrogens with zero attached hydrogens (tertiary/aromatic N) is 1. The van der Waals surface area contributed by atoms with Crippen LogP contribution < -0.4 is 11.1 Å². The molecule has 0 aliphatic carbocycles. The molecule has 0 aliphatic rings. The van der Waals surface area contributed by atoms with E-state index >= 15 is 0 Å². The number of carbonyl (C=O) groups is 1. The third-order valence-electron chi connectivity index (χ3n) is 2.38. The van der Waals surface area contributed by atoms with Crippen LogP contribution in [0.3, 0.4) is 0 Å². The number of amides is 1. The molecule has 0 saturated carbocycles. The highest BCUT2D eigenvalue weighted by Gasteiger charge is 2.18. The molecule has 1 unspecified atom stereocenters. The second kappa shape index (κ2) is 6.56. The van der Waals surface area contributed by atoms with E-state index in [1.807, 2.05) is 20.8 Å². The van der Waals surface area contributed by atoms with Gasteiger partial charge in [-0.1, -0.05) is 13.8 Å². The molecular formula is C11H19N3O2S. The number of hydrogen-bond acceptors (Lipinski definition) is 5. The summed E-state index contributed by atoms with van der Waals surface area (Å²) >= 11 is 1.26. The first-order chi connectivity index (χ1) is 8.04. The van der Waals surface area contributed by atoms with Crippen molar-refractivity contribution >= 4 is 22.4 Å². The van der Waals surface area contributed by atoms with Crippen molar-refractivity contribution in [2.24, 2.45) is 5.92 Å². The minimum atomic E-state index is -0.198. The van der Waals surface area contributed by atoms with E-state index < -0.39 is 0 Å². The monoisotopic (exact) mass is 257 g/mol. The van der Waals surface area contributed by atoms with Crippen LogP contribution in [-0.2, 0) is 4.74 Å². The van der Waals surface area contributed by atoms with Gasteiger partial charge in [0.1, 0.15) is 5.69 Å². The quantitative estimate of drug-likeness (QED) is 0.810. The van der Waals surface area contributed by atoms with Crippen molar-refractivity contribution in [3.63, 3.8) is 0 Å². The van der Waals surface area contributed by atoms with Crippen molar-refractivity contribution in [1.82, 2.24) is 10.3 Å². The summed E-state index contributed by atoms with van der Waals surface area (Å²) < 4.78 is 5.34. The number of ether oxygens (including phenoxy) is 1. The van der Waals surface area contributed by atoms with Crippen molar-refractivity contribution in [3.05, 3.63) is 11.1 Å². The summed E-state index contributed by atoms with van der Waals surface area (Å²) in [6, 6.07) is -0.00891. The predicted octanol–water partition coefficient (Wildman–Crippen LogP) is 1.52. The molecule has 5 nitrogen and oxygen atoms in total. The normalized spacial score (nSPS) is 12.7. The smallest absolute Gasteiger partial charge is 0.271 e. The predicted molar refractivity (Wildman–Crippen MR) is 69.1 cm³/mol. The zero-order chi connectivity index (χ0) is 12.8. The molecule has 1 atom stereocenters. The van der Waals surface area contributed by atoms with Crippen LogP contribution in [0.4, 0.5) is 5.13 Å². The van der Waals surface area contributed by atoms with Gasteiger partial charge in [-0.2, -0.15) is 0 Å². The Bertz CT molecular complexity index is 365. The third kappa shape index (κ3) is 4.32. The van der Waals surface area contributed by atoms with Gasteiger partial charge in [-0.3, -0.25) is 4.79 Å². The molecule has 6 heteroatoms. The van der Waals surface area contributed by atoms with Crippen LogP contribution >= 0.6 is 11.3 Å². The highest BCUT2D eigenvalue weighted by Crippen LogP contribution is 2.11. The lowest BCUT2D eigenvalue weighted by Crippen LogP contribution is -2.42. The fourth-order valence-corrected chi connectivity index (χ4v) is 1.82. The molecule has 0 radical (unpaired) electrons. The average Bonchev–Trinajstić information content (AvgIpc) is 2.70. The molecule has 1 aromatic rings. The van der Waals surface area contributed by atoms with Crippen molar-refractivity contribution in [2.45, 2.75) is 26.8 Å². The molecule has 0 aliphatic heterocycles. The molecule has 0 fully saturated rings. The van der Waals surface area contributed by atoms with Gasteiger partial charge in [0, 0.05) is 12.0 Å². The first-order valence-corrected chi connectivity index (χ1v) is 6.52. The number of aromatic nitrogens is 1. The SMILES string of the molecule is CCOCC(NC(=O)c1csc(N)n1)C(C)C. The van der Waals surface area contributed by atoms with Crippen LogP contribution in [0.2, 0.25) is 0 Å². The molecule has 0 bridgehead atoms. The Morgan fingerprint density at radius 2 is 2.35 bits per heavy atom. The highest BCUT2D eigenvalue weighted by atomic mass is 32.1. The zero-order valence-corrected chi connectivity index (χ0v) is 11.2. The second-order valence-corrected chi connectivity index (χ2v) is 4.94. The van der Waals surface area contributed by atoms with Gasteiger partial charge in [0.15, 0.2) is 5.13 Å². The van der Waals surface area contributed by atoms with E-state index in [9.17, 15) is 4.79 Å². The number of rotatable bonds is 6. The van der Waals surface area contributed by atoms with Crippen LogP contribution in [-0.4, -0.2) is 30.1 Å². The van der Waals surface area contributed by atoms with E-state index in [2.05, 4.69) is 10.3 Å². The summed E-state index contributed by atoms with van der Waals surface area (Å²) in [4.78, 5) is 15.8. The lowest BCUT2D eigenvalue weighted by atomic mass is 10.1. The Hall–Kier alpha value is -1.14. The number of hydrogen-bond donors (Lipinski definition) is 2. The van der Waals surface area contributed by atoms with E-state index in [0.29, 0.717) is 30.0 Å². The van der Waals surface area contributed by atoms with E-state index in [1.165, 1.54) is 11.3 Å². The number of anilines is 1. The fraction of sp³-hybridized carbons (Fsp3) is 0.636. The maximum Gasteiger partial charge on any atom is 0.271 e. The van der Waals surface area contributed by atoms with Gasteiger partial charge in [-0.15, -0.1) is 11.3 Å². The first kappa shape index (κ1) is 13.9. The molecule has 1 aromatic heterocycles. The Kier molecular flexibility index (Phi) is 5.37. The molecule has 3 N–H and O–H groups in total. The van der Waals surface area contributed by atoms with Gasteiger partial charge in [-0.05, 0) is 12.8 Å². The Balaban J connectivity index is 2.57. The number of nitrogen functional groups attached to an aromatic ring is 1. The van der Waals surface area contributed by atoms with Gasteiger partial charge in [0.2, 0.25) is 0 Å². The van der Waals surface area contributed by atoms with Crippen molar-refractivity contribution in [3.8, 4) is 0 Å². The topological polar surface area (TPSA) is 77.2 Å². The van der Waals surface area contributed by atoms with Crippen LogP contribution in [0.1, 0.15) is 31.3 Å². The zero-order valence-electron chi connectivity index (χ0n) is 10.4. The summed E-state index contributed by atoms with van der Waals surface area (Å²) in [6.45, 7) is 7.17. The Labute approximate surface area is 105 Å². The van der Waals surface area contributed by atoms with E-state index in [1.54, 1.807) is 5.38 Å². The number of nitrogens with one attached hydrogen (secondary N) is 1. The molecule has 0 saturated heterocycles. The Morgan fingerprint density at radius 1 is 1.65 bits per heavy atom. The van der Waals surface area contributed by atoms with Gasteiger partial charge in [0.05, 0.1) is 12.6 Å². The highest BCUT2D eigenvalue weighted by molar-refractivity contribution is 7.13. The van der Waals surface area contributed by atoms with Crippen LogP contribution in [0.25, 0.3) is 0 Å². The summed E-state index contributed by atoms with van der Waals surface area (Å²) in [7, 11) is 0. The van der Waals surface area contributed by atoms with Crippen molar-refractivity contribution in [2.75, 3.05) is 18.9 Å². The summed E-state index contributed by atoms with van der Waals surface area (Å²) in [5.41, 5.74) is 5.86. The summed E-state index contributed by atoms with van der Waals surface area (Å²) in [6.07, 6.45) is 0. The molecule has 17 heavy (non-hydrogen) atoms. The number of carbonyl (C=O) groups excluding carboxylic acids is 1. The van der Waals surface area contributed by atoms with Gasteiger partial charge in [0.25, 0.3) is 5.91 Å². The maximum atomic E-state index is 11.9. The molecule has 1 rings (SSSR count). The molecule has 1 heterocycles. The van der Waals surface area contributed by atoms with Crippen molar-refractivity contribution in [1.29, 1.82) is 0 Å². The van der Waals surface area contributed by atoms with Gasteiger partial charge < -0.3 is 15.8 Å². The number of thiazole rings is 1. The standard InChI is InChI=1S/C11H19N3O2S/c1-4-16-5-8(7(2)3)13-10(15)9-6-17-11(12)14-9/h6-8H,4-5H2,1-3H3,(H2,12,14)(H,13,15). The lowest BCUT2D eigenvalue weighted by Gasteiger charge is -2.21. The first-order valence-electron chi connectivity index (χ1n) is 5.64. The van der Waals surface area contributed by atoms with Crippen molar-refractivity contribution < 1.29 is 9.53 Å². The minimum absolute atomic E-state index is 0.00891. The largest absolute Gasteiger partial charge is 0.380 e. The second-order valence-electron chi connectivity index (χ2n) is 4.05. The molecule has 96 valence electrons. The summed E-state index contributed by atoms with van der Waals surface area (Å²) in [5, 5.41) is 4.96. The molecule has 0 aromatic carbocycles. The molecular weight excluding hydrogens is 238 g/mol. The minimum Gasteiger partial charge on any atom is -0.380 e. The van der Waals surface area contributed by atoms with Crippen LogP contribution in [0.5, 0.6) is 0 Å². The van der Waals surface area contributed by atoms with Crippen LogP contribution in [0.15, 0.2) is 5.38 Å². The Morgan fingerprint density at radius 3 is 2.82 bits per heavy atom. The lowest BCUT2D eigenvalue weighted by molar-refractivity contribution is 0.0802. The van der Waals surface area contributed by atoms with Gasteiger partial charge in [-0.25, -0.2) is 4.98 Å². The van der Waals surface area contributed by atoms with Crippen LogP contribution in [0, 0.1) is 5.92 Å². The molecule has 0 spiro atoms. The average molecular weight is 257 g/mol. The van der Waals surface area contributed by atoms with E-state index in [-0.39, 0.29) is 11.9 Å². The summed E-state index contributed by atoms with van der Waals surface area (Å²) in [5.74, 6) is 0.109. The van der Waals surface area contributed by atoms with Gasteiger partial charge >= 0.3 is 0 Å². The third-order valence-corrected chi connectivity index (χ3v) is 3.05.